The van der Waals surface area contributed by atoms with E-state index >= 15 is 0 Å². The second kappa shape index (κ2) is 61.3. The first-order chi connectivity index (χ1) is 32.5. The Morgan fingerprint density at radius 3 is 1.44 bits per heavy atom. The number of aldehydes is 1. The maximum atomic E-state index is 11.1. The van der Waals surface area contributed by atoms with E-state index in [0.29, 0.717) is 53.7 Å². The first kappa shape index (κ1) is 83.1. The summed E-state index contributed by atoms with van der Waals surface area (Å²) in [5.74, 6) is -2.96. The van der Waals surface area contributed by atoms with Gasteiger partial charge in [0.25, 0.3) is 6.47 Å². The Morgan fingerprint density at radius 2 is 1.18 bits per heavy atom. The number of esters is 3. The van der Waals surface area contributed by atoms with E-state index in [-0.39, 0.29) is 67.8 Å². The smallest absolute Gasteiger partial charge is 0.870 e. The van der Waals surface area contributed by atoms with Crippen LogP contribution >= 0.6 is 69.7 Å². The molecule has 0 aliphatic rings. The maximum Gasteiger partial charge on any atom is 1.00 e. The number of hydrogen-bond acceptors (Lipinski definition) is 21. The van der Waals surface area contributed by atoms with Gasteiger partial charge in [0.1, 0.15) is 28.5 Å². The normalized spacial score (nSPS) is 8.85. The van der Waals surface area contributed by atoms with Crippen LogP contribution in [0.25, 0.3) is 0 Å². The molecule has 2 amide bonds. The molecule has 10 N–H and O–H groups in total. The molecule has 0 saturated carbocycles. The van der Waals surface area contributed by atoms with Crippen LogP contribution < -0.4 is 41.8 Å². The number of carbonyl (C=O) groups excluding carboxylic acids is 8. The number of aromatic nitrogens is 2. The fraction of sp³-hybridized carbons (Fsp3) is 0.476. The molecular weight excluding hydrogens is 1050 g/mol. The summed E-state index contributed by atoms with van der Waals surface area (Å²) >= 11 is 22.3. The molecule has 0 spiro atoms. The number of alkyl halides is 2. The fourth-order valence-electron chi connectivity index (χ4n) is 2.60. The Labute approximate surface area is 454 Å². The average molecular weight is 1120 g/mol. The number of halogens is 3. The molecule has 0 bridgehead atoms. The van der Waals surface area contributed by atoms with Crippen LogP contribution in [0.1, 0.15) is 103 Å². The standard InChI is InChI=1S/C8H7ClO2.C8H11NO2S.C6H7NO2S.C5H7ClO3.C4H7ClO2.C3H7NO.C3H7NS.C3H6O2.C2H6N2O.Li.H2O/c9-8(10)11-6-7-4-2-1-3-5-7;1-3-7-9-5-6(12-7)8(10)11-4-2;1-2-5-7-3-4(10-5)6(8)9;1-2-9-5(8)4(6)3-7;1-2-7-4(6)3-5;2*1-2-3(4)5;1-2-5-3-4;3-1-2(4)5;;/h1-5H,6H2;5H,3-4H2,1-2H3;3H,2H2,1H3,(H,8,9);3-4H,2H2,1H3;2-3H2,1H3;2*2H2,1H3,(H2,4,5);3H,2H2,1H3;1,3H2,(H2,4,5);;1H2/q;;;;;;;;;+1;/p-1. The van der Waals surface area contributed by atoms with Gasteiger partial charge in [-0.15, -0.1) is 45.9 Å². The molecule has 1 aromatic carbocycles. The molecule has 0 fully saturated rings. The maximum absolute atomic E-state index is 11.1. The van der Waals surface area contributed by atoms with Crippen molar-refractivity contribution in [3.63, 3.8) is 0 Å². The number of thiazole rings is 2. The van der Waals surface area contributed by atoms with Gasteiger partial charge >= 0.3 is 48.2 Å². The number of thiocarbonyl (C=S) groups is 1. The van der Waals surface area contributed by atoms with Gasteiger partial charge in [-0.1, -0.05) is 70.2 Å². The van der Waals surface area contributed by atoms with Crippen LogP contribution in [0.15, 0.2) is 42.7 Å². The van der Waals surface area contributed by atoms with E-state index in [0.717, 1.165) is 34.8 Å². The minimum atomic E-state index is -1.15. The van der Waals surface area contributed by atoms with E-state index in [2.05, 4.69) is 52.6 Å². The number of carboxylic acid groups (broad SMARTS) is 1. The topological polar surface area (TPSA) is 380 Å². The molecule has 0 aliphatic heterocycles. The molecule has 22 nitrogen and oxygen atoms in total. The van der Waals surface area contributed by atoms with Crippen LogP contribution in [-0.2, 0) is 71.9 Å². The molecular formula is C42H66Cl3LiN6O16S3. The molecule has 2 aromatic heterocycles. The quantitative estimate of drug-likeness (QED) is 0.0189. The fourth-order valence-corrected chi connectivity index (χ4v) is 4.24. The Kier molecular flexibility index (Phi) is 71.7. The summed E-state index contributed by atoms with van der Waals surface area (Å²) in [7, 11) is 0. The van der Waals surface area contributed by atoms with Crippen molar-refractivity contribution in [2.45, 2.75) is 93.1 Å². The van der Waals surface area contributed by atoms with Crippen LogP contribution in [0, 0.1) is 0 Å². The number of aromatic carboxylic acids is 1. The van der Waals surface area contributed by atoms with Crippen molar-refractivity contribution in [3.05, 3.63) is 68.1 Å². The zero-order valence-corrected chi connectivity index (χ0v) is 45.9. The second-order valence-corrected chi connectivity index (χ2v) is 14.9. The van der Waals surface area contributed by atoms with Crippen molar-refractivity contribution in [1.82, 2.24) is 9.97 Å². The van der Waals surface area contributed by atoms with Crippen molar-refractivity contribution in [2.75, 3.05) is 38.9 Å². The Bertz CT molecular complexity index is 1820. The largest absolute Gasteiger partial charge is 1.00 e. The first-order valence-electron chi connectivity index (χ1n) is 20.3. The zero-order valence-electron chi connectivity index (χ0n) is 41.2. The number of carboxylic acids is 1. The summed E-state index contributed by atoms with van der Waals surface area (Å²) in [5, 5.41) is 9.16. The number of primary amides is 2. The SMILES string of the molecule is CCC(N)=O.CCC(N)=S.CCOC(=O)C(Cl)C=O.CCOC(=O)CCl.CCOC(=O)c1cnc(CC)s1.CCOC=O.CCc1ncc(C(=O)O)s1.NCC(N)=O.O=C(Cl)OCc1ccccc1.[Li+].[OH-]. The van der Waals surface area contributed by atoms with Crippen molar-refractivity contribution >= 4 is 129 Å². The number of nitrogens with zero attached hydrogens (tertiary/aromatic N) is 2. The Hall–Kier alpha value is -4.81. The number of aryl methyl sites for hydroxylation is 2. The number of benzene rings is 1. The van der Waals surface area contributed by atoms with Crippen molar-refractivity contribution in [2.24, 2.45) is 22.9 Å². The monoisotopic (exact) mass is 1120 g/mol. The summed E-state index contributed by atoms with van der Waals surface area (Å²) in [6, 6.07) is 9.36. The Balaban J connectivity index is -0.000000107. The van der Waals surface area contributed by atoms with Gasteiger partial charge in [0, 0.05) is 18.0 Å². The van der Waals surface area contributed by atoms with Gasteiger partial charge in [-0.25, -0.2) is 29.1 Å². The molecule has 2 heterocycles. The van der Waals surface area contributed by atoms with E-state index in [9.17, 15) is 43.2 Å². The van der Waals surface area contributed by atoms with Crippen molar-refractivity contribution in [3.8, 4) is 0 Å². The molecule has 0 saturated heterocycles. The third-order valence-electron chi connectivity index (χ3n) is 5.77. The minimum absolute atomic E-state index is 0. The third-order valence-corrected chi connectivity index (χ3v) is 8.92. The van der Waals surface area contributed by atoms with Gasteiger partial charge in [0.15, 0.2) is 5.38 Å². The number of rotatable bonds is 17. The van der Waals surface area contributed by atoms with E-state index in [1.807, 2.05) is 51.1 Å². The summed E-state index contributed by atoms with van der Waals surface area (Å²) in [6.07, 6.45) is 6.23. The first-order valence-corrected chi connectivity index (χ1v) is 23.7. The van der Waals surface area contributed by atoms with Crippen LogP contribution in [0.4, 0.5) is 4.79 Å². The van der Waals surface area contributed by atoms with Crippen LogP contribution in [0.2, 0.25) is 0 Å². The number of nitrogens with two attached hydrogens (primary N) is 4. The van der Waals surface area contributed by atoms with Gasteiger partial charge in [-0.3, -0.25) is 19.2 Å². The predicted molar refractivity (Wildman–Crippen MR) is 273 cm³/mol. The van der Waals surface area contributed by atoms with Gasteiger partial charge in [0.05, 0.1) is 60.4 Å². The van der Waals surface area contributed by atoms with Crippen LogP contribution in [0.3, 0.4) is 0 Å². The van der Waals surface area contributed by atoms with Gasteiger partial charge < -0.3 is 62.0 Å². The minimum Gasteiger partial charge on any atom is -0.870 e. The summed E-state index contributed by atoms with van der Waals surface area (Å²) in [4.78, 5) is 99.5. The number of amides is 2. The molecule has 1 atom stereocenters. The molecule has 71 heavy (non-hydrogen) atoms. The van der Waals surface area contributed by atoms with Crippen LogP contribution in [0.5, 0.6) is 0 Å². The summed E-state index contributed by atoms with van der Waals surface area (Å²) in [5.41, 5.74) is 19.1. The van der Waals surface area contributed by atoms with E-state index in [1.54, 1.807) is 40.8 Å². The zero-order chi connectivity index (χ0) is 54.6. The molecule has 29 heteroatoms. The van der Waals surface area contributed by atoms with Gasteiger partial charge in [-0.05, 0) is 52.5 Å². The summed E-state index contributed by atoms with van der Waals surface area (Å²) < 4.78 is 22.3. The predicted octanol–water partition coefficient (Wildman–Crippen LogP) is 2.99. The molecule has 400 valence electrons. The Morgan fingerprint density at radius 1 is 0.746 bits per heavy atom. The number of ether oxygens (including phenoxy) is 5. The van der Waals surface area contributed by atoms with E-state index in [1.165, 1.54) is 28.9 Å². The molecule has 0 aliphatic carbocycles. The second-order valence-electron chi connectivity index (χ2n) is 11.1. The number of hydrogen-bond donors (Lipinski definition) is 5. The van der Waals surface area contributed by atoms with Crippen molar-refractivity contribution < 1.29 is 96.3 Å². The van der Waals surface area contributed by atoms with Crippen molar-refractivity contribution in [1.29, 1.82) is 0 Å². The van der Waals surface area contributed by atoms with E-state index in [4.69, 9.17) is 56.1 Å². The third kappa shape index (κ3) is 65.2. The van der Waals surface area contributed by atoms with E-state index < -0.39 is 28.7 Å². The molecule has 3 aromatic rings. The molecule has 0 radical (unpaired) electrons. The van der Waals surface area contributed by atoms with Gasteiger partial charge in [-0.2, -0.15) is 0 Å². The molecule has 3 rings (SSSR count). The van der Waals surface area contributed by atoms with Gasteiger partial charge in [0.2, 0.25) is 11.8 Å². The molecule has 1 unspecified atom stereocenters. The van der Waals surface area contributed by atoms with Crippen LogP contribution in [-0.4, -0.2) is 124 Å². The number of carbonyl (C=O) groups is 9. The summed E-state index contributed by atoms with van der Waals surface area (Å²) in [6.45, 7) is 16.7. The average Bonchev–Trinajstić information content (AvgIpc) is 4.04.